The predicted molar refractivity (Wildman–Crippen MR) is 125 cm³/mol. The Balaban J connectivity index is 1.67. The molecule has 4 rings (SSSR count). The van der Waals surface area contributed by atoms with Crippen LogP contribution in [0.1, 0.15) is 16.4 Å². The lowest BCUT2D eigenvalue weighted by Gasteiger charge is -2.15. The fraction of sp³-hybridized carbons (Fsp3) is 0.167. The van der Waals surface area contributed by atoms with E-state index < -0.39 is 0 Å². The molecule has 8 heteroatoms. The van der Waals surface area contributed by atoms with Crippen molar-refractivity contribution in [1.29, 1.82) is 0 Å². The van der Waals surface area contributed by atoms with Crippen molar-refractivity contribution in [3.05, 3.63) is 82.9 Å². The summed E-state index contributed by atoms with van der Waals surface area (Å²) in [5.74, 6) is 1.88. The topological polar surface area (TPSA) is 66.6 Å². The van der Waals surface area contributed by atoms with Gasteiger partial charge in [0.2, 0.25) is 11.6 Å². The maximum atomic E-state index is 6.09. The van der Waals surface area contributed by atoms with Gasteiger partial charge >= 0.3 is 0 Å². The highest BCUT2D eigenvalue weighted by Gasteiger charge is 2.21. The second-order valence-electron chi connectivity index (χ2n) is 6.75. The highest BCUT2D eigenvalue weighted by Crippen LogP contribution is 2.43. The van der Waals surface area contributed by atoms with Gasteiger partial charge < -0.3 is 18.6 Å². The summed E-state index contributed by atoms with van der Waals surface area (Å²) in [5.41, 5.74) is 2.87. The van der Waals surface area contributed by atoms with Crippen molar-refractivity contribution in [3.8, 4) is 28.7 Å². The van der Waals surface area contributed by atoms with E-state index in [1.807, 2.05) is 42.5 Å². The number of hydrogen-bond acceptors (Lipinski definition) is 7. The van der Waals surface area contributed by atoms with E-state index in [-0.39, 0.29) is 5.25 Å². The predicted octanol–water partition coefficient (Wildman–Crippen LogP) is 6.30. The molecule has 6 nitrogen and oxygen atoms in total. The second-order valence-corrected chi connectivity index (χ2v) is 8.24. The minimum Gasteiger partial charge on any atom is -0.493 e. The molecule has 0 fully saturated rings. The molecule has 1 atom stereocenters. The van der Waals surface area contributed by atoms with Crippen molar-refractivity contribution < 1.29 is 18.6 Å². The van der Waals surface area contributed by atoms with Gasteiger partial charge in [-0.15, -0.1) is 10.2 Å². The van der Waals surface area contributed by atoms with Gasteiger partial charge in [0, 0.05) is 10.6 Å². The number of aromatic nitrogens is 2. The molecule has 0 amide bonds. The Hall–Kier alpha value is -3.16. The molecule has 0 aliphatic rings. The van der Waals surface area contributed by atoms with Gasteiger partial charge in [0.1, 0.15) is 0 Å². The smallest absolute Gasteiger partial charge is 0.277 e. The fourth-order valence-electron chi connectivity index (χ4n) is 3.27. The van der Waals surface area contributed by atoms with Crippen LogP contribution in [0.25, 0.3) is 11.5 Å². The van der Waals surface area contributed by atoms with Crippen LogP contribution in [0, 0.1) is 0 Å². The summed E-state index contributed by atoms with van der Waals surface area (Å²) in [5, 5.41) is 9.59. The first-order valence-electron chi connectivity index (χ1n) is 9.74. The molecule has 0 aliphatic heterocycles. The average molecular weight is 469 g/mol. The Morgan fingerprint density at radius 1 is 0.812 bits per heavy atom. The molecule has 32 heavy (non-hydrogen) atoms. The number of thioether (sulfide) groups is 1. The van der Waals surface area contributed by atoms with E-state index >= 15 is 0 Å². The van der Waals surface area contributed by atoms with E-state index in [9.17, 15) is 0 Å². The molecule has 1 aromatic heterocycles. The maximum Gasteiger partial charge on any atom is 0.277 e. The zero-order valence-electron chi connectivity index (χ0n) is 17.7. The van der Waals surface area contributed by atoms with E-state index in [1.165, 1.54) is 11.8 Å². The first kappa shape index (κ1) is 22.0. The van der Waals surface area contributed by atoms with Crippen LogP contribution in [0.2, 0.25) is 5.02 Å². The maximum absolute atomic E-state index is 6.09. The van der Waals surface area contributed by atoms with Crippen LogP contribution in [0.5, 0.6) is 17.2 Å². The Morgan fingerprint density at radius 3 is 2.03 bits per heavy atom. The Labute approximate surface area is 195 Å². The Bertz CT molecular complexity index is 1160. The molecule has 0 spiro atoms. The Morgan fingerprint density at radius 2 is 1.44 bits per heavy atom. The van der Waals surface area contributed by atoms with E-state index in [2.05, 4.69) is 22.3 Å². The van der Waals surface area contributed by atoms with E-state index in [0.717, 1.165) is 11.1 Å². The van der Waals surface area contributed by atoms with Crippen molar-refractivity contribution in [3.63, 3.8) is 0 Å². The molecular weight excluding hydrogens is 448 g/mol. The molecule has 1 heterocycles. The number of nitrogens with zero attached hydrogens (tertiary/aromatic N) is 2. The summed E-state index contributed by atoms with van der Waals surface area (Å²) in [6, 6.07) is 21.5. The minimum atomic E-state index is -0.0401. The second kappa shape index (κ2) is 9.97. The lowest BCUT2D eigenvalue weighted by Crippen LogP contribution is -1.96. The van der Waals surface area contributed by atoms with Gasteiger partial charge in [-0.05, 0) is 35.4 Å². The fourth-order valence-corrected chi connectivity index (χ4v) is 4.40. The largest absolute Gasteiger partial charge is 0.493 e. The number of halogens is 1. The van der Waals surface area contributed by atoms with Crippen molar-refractivity contribution in [2.75, 3.05) is 21.3 Å². The quantitative estimate of drug-likeness (QED) is 0.281. The zero-order chi connectivity index (χ0) is 22.5. The van der Waals surface area contributed by atoms with Crippen LogP contribution in [-0.4, -0.2) is 31.5 Å². The SMILES string of the molecule is COc1cc(-c2nnc(SC(c3ccccc3)c3ccc(Cl)cc3)o2)cc(OC)c1OC. The highest BCUT2D eigenvalue weighted by molar-refractivity contribution is 7.99. The number of methoxy groups -OCH3 is 3. The molecule has 164 valence electrons. The first-order valence-corrected chi connectivity index (χ1v) is 11.0. The summed E-state index contributed by atoms with van der Waals surface area (Å²) >= 11 is 7.56. The molecular formula is C24H21ClN2O4S. The summed E-state index contributed by atoms with van der Waals surface area (Å²) in [6.07, 6.45) is 0. The molecule has 0 radical (unpaired) electrons. The zero-order valence-corrected chi connectivity index (χ0v) is 19.3. The number of hydrogen-bond donors (Lipinski definition) is 0. The third kappa shape index (κ3) is 4.69. The lowest BCUT2D eigenvalue weighted by molar-refractivity contribution is 0.324. The molecule has 0 saturated carbocycles. The van der Waals surface area contributed by atoms with Gasteiger partial charge in [-0.25, -0.2) is 0 Å². The summed E-state index contributed by atoms with van der Waals surface area (Å²) in [7, 11) is 4.68. The van der Waals surface area contributed by atoms with Gasteiger partial charge in [-0.3, -0.25) is 0 Å². The number of ether oxygens (including phenoxy) is 3. The van der Waals surface area contributed by atoms with Crippen molar-refractivity contribution in [2.24, 2.45) is 0 Å². The third-order valence-corrected chi connectivity index (χ3v) is 6.21. The molecule has 0 saturated heterocycles. The van der Waals surface area contributed by atoms with Crippen LogP contribution in [-0.2, 0) is 0 Å². The van der Waals surface area contributed by atoms with Crippen LogP contribution in [0.3, 0.4) is 0 Å². The van der Waals surface area contributed by atoms with Crippen LogP contribution < -0.4 is 14.2 Å². The summed E-state index contributed by atoms with van der Waals surface area (Å²) < 4.78 is 22.2. The van der Waals surface area contributed by atoms with Gasteiger partial charge in [0.25, 0.3) is 5.22 Å². The summed E-state index contributed by atoms with van der Waals surface area (Å²) in [6.45, 7) is 0. The minimum absolute atomic E-state index is 0.0401. The molecule has 1 unspecified atom stereocenters. The molecule has 0 bridgehead atoms. The van der Waals surface area contributed by atoms with Gasteiger partial charge in [0.05, 0.1) is 26.6 Å². The molecule has 4 aromatic rings. The van der Waals surface area contributed by atoms with E-state index in [0.29, 0.717) is 38.9 Å². The molecule has 0 aliphatic carbocycles. The monoisotopic (exact) mass is 468 g/mol. The van der Waals surface area contributed by atoms with Gasteiger partial charge in [-0.2, -0.15) is 0 Å². The number of benzene rings is 3. The van der Waals surface area contributed by atoms with Crippen LogP contribution in [0.4, 0.5) is 0 Å². The summed E-state index contributed by atoms with van der Waals surface area (Å²) in [4.78, 5) is 0. The van der Waals surface area contributed by atoms with Gasteiger partial charge in [0.15, 0.2) is 11.5 Å². The van der Waals surface area contributed by atoms with E-state index in [1.54, 1.807) is 33.5 Å². The van der Waals surface area contributed by atoms with Crippen molar-refractivity contribution in [2.45, 2.75) is 10.5 Å². The van der Waals surface area contributed by atoms with Crippen LogP contribution >= 0.6 is 23.4 Å². The first-order chi connectivity index (χ1) is 15.6. The molecule has 0 N–H and O–H groups in total. The highest BCUT2D eigenvalue weighted by atomic mass is 35.5. The average Bonchev–Trinajstić information content (AvgIpc) is 3.31. The van der Waals surface area contributed by atoms with Crippen molar-refractivity contribution in [1.82, 2.24) is 10.2 Å². The van der Waals surface area contributed by atoms with Crippen molar-refractivity contribution >= 4 is 23.4 Å². The lowest BCUT2D eigenvalue weighted by atomic mass is 10.0. The van der Waals surface area contributed by atoms with E-state index in [4.69, 9.17) is 30.2 Å². The van der Waals surface area contributed by atoms with Gasteiger partial charge in [-0.1, -0.05) is 65.8 Å². The molecule has 3 aromatic carbocycles. The standard InChI is InChI=1S/C24H21ClN2O4S/c1-28-19-13-17(14-20(29-2)21(19)30-3)23-26-27-24(31-23)32-22(15-7-5-4-6-8-15)16-9-11-18(25)12-10-16/h4-14,22H,1-3H3. The Kier molecular flexibility index (Phi) is 6.87. The normalized spacial score (nSPS) is 11.8. The van der Waals surface area contributed by atoms with Crippen LogP contribution in [0.15, 0.2) is 76.4 Å². The third-order valence-electron chi connectivity index (χ3n) is 4.81. The number of rotatable bonds is 8.